The number of likely N-dealkylation sites (N-methyl/N-ethyl adjacent to an activating group) is 1. The SMILES string of the molecule is CN1CCCCC1C(C)(N)CO. The predicted octanol–water partition coefficient (Wildman–Crippen LogP) is 0.180. The Morgan fingerprint density at radius 3 is 2.75 bits per heavy atom. The Balaban J connectivity index is 2.58. The average molecular weight is 172 g/mol. The summed E-state index contributed by atoms with van der Waals surface area (Å²) in [5.41, 5.74) is 5.55. The van der Waals surface area contributed by atoms with Crippen molar-refractivity contribution in [2.24, 2.45) is 5.73 Å². The van der Waals surface area contributed by atoms with Crippen LogP contribution in [0.2, 0.25) is 0 Å². The molecule has 0 spiro atoms. The number of hydrogen-bond donors (Lipinski definition) is 2. The van der Waals surface area contributed by atoms with Gasteiger partial charge in [0.15, 0.2) is 0 Å². The van der Waals surface area contributed by atoms with Crippen LogP contribution in [0.1, 0.15) is 26.2 Å². The van der Waals surface area contributed by atoms with E-state index in [1.54, 1.807) is 0 Å². The van der Waals surface area contributed by atoms with Gasteiger partial charge in [-0.05, 0) is 33.4 Å². The molecule has 1 rings (SSSR count). The van der Waals surface area contributed by atoms with E-state index in [2.05, 4.69) is 11.9 Å². The fraction of sp³-hybridized carbons (Fsp3) is 1.00. The summed E-state index contributed by atoms with van der Waals surface area (Å²) in [5.74, 6) is 0. The van der Waals surface area contributed by atoms with Crippen molar-refractivity contribution >= 4 is 0 Å². The molecule has 0 aromatic heterocycles. The number of hydrogen-bond acceptors (Lipinski definition) is 3. The summed E-state index contributed by atoms with van der Waals surface area (Å²) in [6.45, 7) is 3.11. The smallest absolute Gasteiger partial charge is 0.0623 e. The minimum atomic E-state index is -0.435. The van der Waals surface area contributed by atoms with E-state index >= 15 is 0 Å². The van der Waals surface area contributed by atoms with Crippen molar-refractivity contribution in [3.63, 3.8) is 0 Å². The van der Waals surface area contributed by atoms with Crippen LogP contribution in [0.25, 0.3) is 0 Å². The predicted molar refractivity (Wildman–Crippen MR) is 49.9 cm³/mol. The van der Waals surface area contributed by atoms with Crippen LogP contribution in [0.15, 0.2) is 0 Å². The second-order valence-electron chi connectivity index (χ2n) is 4.16. The largest absolute Gasteiger partial charge is 0.394 e. The monoisotopic (exact) mass is 172 g/mol. The lowest BCUT2D eigenvalue weighted by Gasteiger charge is -2.42. The molecule has 3 heteroatoms. The molecular weight excluding hydrogens is 152 g/mol. The van der Waals surface area contributed by atoms with Crippen LogP contribution in [0.4, 0.5) is 0 Å². The van der Waals surface area contributed by atoms with Gasteiger partial charge >= 0.3 is 0 Å². The van der Waals surface area contributed by atoms with E-state index in [-0.39, 0.29) is 6.61 Å². The molecule has 0 bridgehead atoms. The molecule has 0 aromatic rings. The van der Waals surface area contributed by atoms with Crippen molar-refractivity contribution < 1.29 is 5.11 Å². The summed E-state index contributed by atoms with van der Waals surface area (Å²) >= 11 is 0. The third-order valence-corrected chi connectivity index (χ3v) is 2.87. The standard InChI is InChI=1S/C9H20N2O/c1-9(10,7-12)8-5-3-4-6-11(8)2/h8,12H,3-7,10H2,1-2H3. The molecule has 0 aliphatic carbocycles. The number of aliphatic hydroxyl groups is 1. The van der Waals surface area contributed by atoms with Crippen molar-refractivity contribution in [3.8, 4) is 0 Å². The first-order valence-electron chi connectivity index (χ1n) is 4.68. The van der Waals surface area contributed by atoms with E-state index in [1.807, 2.05) is 6.92 Å². The van der Waals surface area contributed by atoms with Gasteiger partial charge in [0.1, 0.15) is 0 Å². The Morgan fingerprint density at radius 2 is 2.25 bits per heavy atom. The van der Waals surface area contributed by atoms with Crippen LogP contribution < -0.4 is 5.73 Å². The van der Waals surface area contributed by atoms with Crippen LogP contribution in [-0.2, 0) is 0 Å². The number of nitrogens with zero attached hydrogens (tertiary/aromatic N) is 1. The van der Waals surface area contributed by atoms with Gasteiger partial charge in [-0.2, -0.15) is 0 Å². The number of aliphatic hydroxyl groups excluding tert-OH is 1. The van der Waals surface area contributed by atoms with Crippen molar-refractivity contribution in [1.29, 1.82) is 0 Å². The minimum absolute atomic E-state index is 0.0714. The maximum absolute atomic E-state index is 9.11. The molecule has 1 aliphatic heterocycles. The summed E-state index contributed by atoms with van der Waals surface area (Å²) < 4.78 is 0. The van der Waals surface area contributed by atoms with Gasteiger partial charge in [-0.3, -0.25) is 0 Å². The highest BCUT2D eigenvalue weighted by Gasteiger charge is 2.33. The molecule has 2 unspecified atom stereocenters. The lowest BCUT2D eigenvalue weighted by atomic mass is 9.86. The van der Waals surface area contributed by atoms with Gasteiger partial charge in [0.2, 0.25) is 0 Å². The van der Waals surface area contributed by atoms with E-state index in [0.29, 0.717) is 6.04 Å². The van der Waals surface area contributed by atoms with Gasteiger partial charge in [-0.15, -0.1) is 0 Å². The molecule has 3 nitrogen and oxygen atoms in total. The summed E-state index contributed by atoms with van der Waals surface area (Å²) in [4.78, 5) is 2.26. The first-order valence-corrected chi connectivity index (χ1v) is 4.68. The van der Waals surface area contributed by atoms with Gasteiger partial charge in [0.05, 0.1) is 12.1 Å². The second kappa shape index (κ2) is 3.73. The van der Waals surface area contributed by atoms with E-state index in [9.17, 15) is 0 Å². The van der Waals surface area contributed by atoms with Gasteiger partial charge in [-0.1, -0.05) is 6.42 Å². The fourth-order valence-electron chi connectivity index (χ4n) is 2.01. The number of rotatable bonds is 2. The molecule has 0 amide bonds. The molecule has 1 fully saturated rings. The number of nitrogens with two attached hydrogens (primary N) is 1. The summed E-state index contributed by atoms with van der Waals surface area (Å²) in [5, 5.41) is 9.11. The van der Waals surface area contributed by atoms with Gasteiger partial charge < -0.3 is 15.7 Å². The molecule has 2 atom stereocenters. The Morgan fingerprint density at radius 1 is 1.58 bits per heavy atom. The molecular formula is C9H20N2O. The lowest BCUT2D eigenvalue weighted by Crippen LogP contribution is -2.59. The van der Waals surface area contributed by atoms with E-state index in [4.69, 9.17) is 10.8 Å². The molecule has 0 saturated carbocycles. The van der Waals surface area contributed by atoms with Crippen molar-refractivity contribution in [2.45, 2.75) is 37.8 Å². The van der Waals surface area contributed by atoms with Crippen LogP contribution in [0.5, 0.6) is 0 Å². The van der Waals surface area contributed by atoms with Crippen LogP contribution in [-0.4, -0.2) is 41.8 Å². The molecule has 1 saturated heterocycles. The molecule has 1 heterocycles. The topological polar surface area (TPSA) is 49.5 Å². The number of piperidine rings is 1. The maximum atomic E-state index is 9.11. The van der Waals surface area contributed by atoms with Crippen molar-refractivity contribution in [1.82, 2.24) is 4.90 Å². The maximum Gasteiger partial charge on any atom is 0.0623 e. The lowest BCUT2D eigenvalue weighted by molar-refractivity contribution is 0.0741. The first kappa shape index (κ1) is 9.96. The highest BCUT2D eigenvalue weighted by Crippen LogP contribution is 2.22. The summed E-state index contributed by atoms with van der Waals surface area (Å²) in [6, 6.07) is 0.344. The zero-order valence-electron chi connectivity index (χ0n) is 8.08. The minimum Gasteiger partial charge on any atom is -0.394 e. The highest BCUT2D eigenvalue weighted by atomic mass is 16.3. The first-order chi connectivity index (χ1) is 5.58. The fourth-order valence-corrected chi connectivity index (χ4v) is 2.01. The Bertz CT molecular complexity index is 147. The Labute approximate surface area is 74.5 Å². The van der Waals surface area contributed by atoms with E-state index < -0.39 is 5.54 Å². The Kier molecular flexibility index (Phi) is 3.09. The van der Waals surface area contributed by atoms with Crippen LogP contribution >= 0.6 is 0 Å². The molecule has 0 radical (unpaired) electrons. The van der Waals surface area contributed by atoms with Gasteiger partial charge in [0.25, 0.3) is 0 Å². The third kappa shape index (κ3) is 1.97. The van der Waals surface area contributed by atoms with E-state index in [1.165, 1.54) is 12.8 Å². The van der Waals surface area contributed by atoms with Crippen molar-refractivity contribution in [3.05, 3.63) is 0 Å². The highest BCUT2D eigenvalue weighted by molar-refractivity contribution is 4.94. The third-order valence-electron chi connectivity index (χ3n) is 2.87. The molecule has 0 aromatic carbocycles. The molecule has 3 N–H and O–H groups in total. The van der Waals surface area contributed by atoms with Crippen LogP contribution in [0.3, 0.4) is 0 Å². The zero-order chi connectivity index (χ0) is 9.19. The average Bonchev–Trinajstić information content (AvgIpc) is 2.05. The van der Waals surface area contributed by atoms with E-state index in [0.717, 1.165) is 13.0 Å². The summed E-state index contributed by atoms with van der Waals surface area (Å²) in [7, 11) is 2.09. The molecule has 12 heavy (non-hydrogen) atoms. The molecule has 1 aliphatic rings. The second-order valence-corrected chi connectivity index (χ2v) is 4.16. The Hall–Kier alpha value is -0.120. The molecule has 72 valence electrons. The summed E-state index contributed by atoms with van der Waals surface area (Å²) in [6.07, 6.45) is 3.61. The van der Waals surface area contributed by atoms with Crippen molar-refractivity contribution in [2.75, 3.05) is 20.2 Å². The van der Waals surface area contributed by atoms with Gasteiger partial charge in [-0.25, -0.2) is 0 Å². The zero-order valence-corrected chi connectivity index (χ0v) is 8.08. The normalized spacial score (nSPS) is 31.5. The van der Waals surface area contributed by atoms with Crippen LogP contribution in [0, 0.1) is 0 Å². The number of likely N-dealkylation sites (tertiary alicyclic amines) is 1. The quantitative estimate of drug-likeness (QED) is 0.625. The van der Waals surface area contributed by atoms with Gasteiger partial charge in [0, 0.05) is 6.04 Å².